The van der Waals surface area contributed by atoms with Crippen molar-refractivity contribution in [2.24, 2.45) is 13.0 Å². The SMILES string of the molecule is CC(CCc1nnc(-c2ccccc2)n1C)NCCCC1Cc2ccccc2C1. The van der Waals surface area contributed by atoms with Crippen LogP contribution in [0.25, 0.3) is 11.4 Å². The second-order valence-electron chi connectivity index (χ2n) is 8.44. The van der Waals surface area contributed by atoms with Crippen molar-refractivity contribution in [3.8, 4) is 11.4 Å². The Morgan fingerprint density at radius 3 is 2.41 bits per heavy atom. The summed E-state index contributed by atoms with van der Waals surface area (Å²) in [7, 11) is 2.06. The summed E-state index contributed by atoms with van der Waals surface area (Å²) >= 11 is 0. The highest BCUT2D eigenvalue weighted by molar-refractivity contribution is 5.54. The van der Waals surface area contributed by atoms with Crippen molar-refractivity contribution in [3.05, 3.63) is 71.5 Å². The van der Waals surface area contributed by atoms with Gasteiger partial charge in [-0.3, -0.25) is 0 Å². The first-order valence-corrected chi connectivity index (χ1v) is 10.9. The summed E-state index contributed by atoms with van der Waals surface area (Å²) in [6.07, 6.45) is 7.13. The van der Waals surface area contributed by atoms with Crippen LogP contribution in [0.4, 0.5) is 0 Å². The fourth-order valence-corrected chi connectivity index (χ4v) is 4.46. The maximum Gasteiger partial charge on any atom is 0.163 e. The molecule has 2 aromatic carbocycles. The van der Waals surface area contributed by atoms with E-state index in [9.17, 15) is 0 Å². The molecule has 1 atom stereocenters. The minimum Gasteiger partial charge on any atom is -0.314 e. The summed E-state index contributed by atoms with van der Waals surface area (Å²) in [5.41, 5.74) is 4.25. The van der Waals surface area contributed by atoms with Gasteiger partial charge in [-0.2, -0.15) is 0 Å². The molecule has 1 aliphatic rings. The summed E-state index contributed by atoms with van der Waals surface area (Å²) in [4.78, 5) is 0. The molecule has 152 valence electrons. The summed E-state index contributed by atoms with van der Waals surface area (Å²) in [5.74, 6) is 2.83. The third-order valence-corrected chi connectivity index (χ3v) is 6.22. The van der Waals surface area contributed by atoms with Crippen LogP contribution in [0.3, 0.4) is 0 Å². The van der Waals surface area contributed by atoms with E-state index in [4.69, 9.17) is 0 Å². The third kappa shape index (κ3) is 4.94. The molecule has 4 nitrogen and oxygen atoms in total. The van der Waals surface area contributed by atoms with Crippen molar-refractivity contribution < 1.29 is 0 Å². The molecule has 3 aromatic rings. The van der Waals surface area contributed by atoms with E-state index in [2.05, 4.69) is 70.5 Å². The fourth-order valence-electron chi connectivity index (χ4n) is 4.46. The second kappa shape index (κ2) is 9.36. The minimum absolute atomic E-state index is 0.493. The molecule has 0 amide bonds. The van der Waals surface area contributed by atoms with Gasteiger partial charge < -0.3 is 9.88 Å². The van der Waals surface area contributed by atoms with Crippen LogP contribution in [0.15, 0.2) is 54.6 Å². The highest BCUT2D eigenvalue weighted by Crippen LogP contribution is 2.29. The average molecular weight is 389 g/mol. The number of aryl methyl sites for hydroxylation is 1. The first-order chi connectivity index (χ1) is 14.2. The Hall–Kier alpha value is -2.46. The number of aromatic nitrogens is 3. The zero-order chi connectivity index (χ0) is 20.1. The first-order valence-electron chi connectivity index (χ1n) is 10.9. The number of benzene rings is 2. The van der Waals surface area contributed by atoms with E-state index >= 15 is 0 Å². The third-order valence-electron chi connectivity index (χ3n) is 6.22. The normalized spacial score (nSPS) is 14.8. The molecule has 0 radical (unpaired) electrons. The van der Waals surface area contributed by atoms with Crippen molar-refractivity contribution in [3.63, 3.8) is 0 Å². The molecular formula is C25H32N4. The van der Waals surface area contributed by atoms with Crippen LogP contribution < -0.4 is 5.32 Å². The molecular weight excluding hydrogens is 356 g/mol. The van der Waals surface area contributed by atoms with Crippen molar-refractivity contribution in [2.75, 3.05) is 6.54 Å². The monoisotopic (exact) mass is 388 g/mol. The van der Waals surface area contributed by atoms with E-state index in [0.717, 1.165) is 42.5 Å². The van der Waals surface area contributed by atoms with Gasteiger partial charge in [0.2, 0.25) is 0 Å². The van der Waals surface area contributed by atoms with Gasteiger partial charge in [0.15, 0.2) is 5.82 Å². The zero-order valence-corrected chi connectivity index (χ0v) is 17.6. The number of nitrogens with zero attached hydrogens (tertiary/aromatic N) is 3. The van der Waals surface area contributed by atoms with E-state index in [0.29, 0.717) is 6.04 Å². The summed E-state index contributed by atoms with van der Waals surface area (Å²) in [6.45, 7) is 3.38. The smallest absolute Gasteiger partial charge is 0.163 e. The highest BCUT2D eigenvalue weighted by Gasteiger charge is 2.20. The zero-order valence-electron chi connectivity index (χ0n) is 17.6. The van der Waals surface area contributed by atoms with Crippen molar-refractivity contribution in [1.82, 2.24) is 20.1 Å². The lowest BCUT2D eigenvalue weighted by Gasteiger charge is -2.15. The lowest BCUT2D eigenvalue weighted by Crippen LogP contribution is -2.28. The van der Waals surface area contributed by atoms with Gasteiger partial charge in [0.1, 0.15) is 5.82 Å². The fraction of sp³-hybridized carbons (Fsp3) is 0.440. The van der Waals surface area contributed by atoms with Gasteiger partial charge in [-0.05, 0) is 62.6 Å². The average Bonchev–Trinajstić information content (AvgIpc) is 3.33. The van der Waals surface area contributed by atoms with Gasteiger partial charge >= 0.3 is 0 Å². The van der Waals surface area contributed by atoms with Crippen LogP contribution in [-0.4, -0.2) is 27.4 Å². The topological polar surface area (TPSA) is 42.7 Å². The predicted octanol–water partition coefficient (Wildman–Crippen LogP) is 4.59. The first kappa shape index (κ1) is 19.8. The molecule has 1 aliphatic carbocycles. The molecule has 0 fully saturated rings. The molecule has 4 rings (SSSR count). The molecule has 4 heteroatoms. The van der Waals surface area contributed by atoms with Crippen LogP contribution in [0.2, 0.25) is 0 Å². The van der Waals surface area contributed by atoms with Gasteiger partial charge in [0.05, 0.1) is 0 Å². The molecule has 1 heterocycles. The van der Waals surface area contributed by atoms with Crippen LogP contribution in [-0.2, 0) is 26.3 Å². The Balaban J connectivity index is 1.17. The Labute approximate surface area is 174 Å². The van der Waals surface area contributed by atoms with E-state index < -0.39 is 0 Å². The Kier molecular flexibility index (Phi) is 6.40. The summed E-state index contributed by atoms with van der Waals surface area (Å²) in [5, 5.41) is 12.5. The van der Waals surface area contributed by atoms with E-state index in [1.54, 1.807) is 11.1 Å². The van der Waals surface area contributed by atoms with Crippen LogP contribution >= 0.6 is 0 Å². The second-order valence-corrected chi connectivity index (χ2v) is 8.44. The minimum atomic E-state index is 0.493. The molecule has 0 bridgehead atoms. The van der Waals surface area contributed by atoms with Crippen LogP contribution in [0, 0.1) is 5.92 Å². The van der Waals surface area contributed by atoms with Gasteiger partial charge in [-0.1, -0.05) is 54.6 Å². The van der Waals surface area contributed by atoms with Gasteiger partial charge in [-0.25, -0.2) is 0 Å². The maximum absolute atomic E-state index is 4.42. The Morgan fingerprint density at radius 2 is 1.69 bits per heavy atom. The van der Waals surface area contributed by atoms with Gasteiger partial charge in [-0.15, -0.1) is 10.2 Å². The van der Waals surface area contributed by atoms with Crippen LogP contribution in [0.1, 0.15) is 43.1 Å². The largest absolute Gasteiger partial charge is 0.314 e. The van der Waals surface area contributed by atoms with Gasteiger partial charge in [0.25, 0.3) is 0 Å². The Morgan fingerprint density at radius 1 is 1.00 bits per heavy atom. The number of nitrogens with one attached hydrogen (secondary N) is 1. The highest BCUT2D eigenvalue weighted by atomic mass is 15.3. The number of hydrogen-bond acceptors (Lipinski definition) is 3. The standard InChI is InChI=1S/C25H32N4/c1-19(26-16-8-9-20-17-22-12-6-7-13-23(22)18-20)14-15-24-27-28-25(29(24)2)21-10-4-3-5-11-21/h3-7,10-13,19-20,26H,8-9,14-18H2,1-2H3. The van der Waals surface area contributed by atoms with Gasteiger partial charge in [0, 0.05) is 25.1 Å². The summed E-state index contributed by atoms with van der Waals surface area (Å²) < 4.78 is 2.12. The lowest BCUT2D eigenvalue weighted by molar-refractivity contribution is 0.447. The summed E-state index contributed by atoms with van der Waals surface area (Å²) in [6, 6.07) is 19.7. The molecule has 1 aromatic heterocycles. The number of rotatable bonds is 9. The predicted molar refractivity (Wildman–Crippen MR) is 119 cm³/mol. The maximum atomic E-state index is 4.42. The molecule has 0 aliphatic heterocycles. The van der Waals surface area contributed by atoms with Crippen molar-refractivity contribution >= 4 is 0 Å². The lowest BCUT2D eigenvalue weighted by atomic mass is 10.00. The number of hydrogen-bond donors (Lipinski definition) is 1. The quantitative estimate of drug-likeness (QED) is 0.545. The molecule has 1 unspecified atom stereocenters. The molecule has 1 N–H and O–H groups in total. The van der Waals surface area contributed by atoms with Crippen molar-refractivity contribution in [2.45, 2.75) is 51.5 Å². The van der Waals surface area contributed by atoms with E-state index in [-0.39, 0.29) is 0 Å². The molecule has 29 heavy (non-hydrogen) atoms. The van der Waals surface area contributed by atoms with Crippen molar-refractivity contribution in [1.29, 1.82) is 0 Å². The molecule has 0 saturated heterocycles. The Bertz CT molecular complexity index is 891. The molecule has 0 saturated carbocycles. The van der Waals surface area contributed by atoms with Crippen LogP contribution in [0.5, 0.6) is 0 Å². The number of fused-ring (bicyclic) bond motifs is 1. The molecule has 0 spiro atoms. The van der Waals surface area contributed by atoms with E-state index in [1.807, 2.05) is 18.2 Å². The van der Waals surface area contributed by atoms with E-state index in [1.165, 1.54) is 25.7 Å².